The van der Waals surface area contributed by atoms with E-state index in [1.54, 1.807) is 6.07 Å². The van der Waals surface area contributed by atoms with Crippen LogP contribution in [0.25, 0.3) is 11.1 Å². The van der Waals surface area contributed by atoms with Crippen molar-refractivity contribution in [2.75, 3.05) is 39.6 Å². The van der Waals surface area contributed by atoms with Crippen LogP contribution >= 0.6 is 0 Å². The maximum absolute atomic E-state index is 15.1. The van der Waals surface area contributed by atoms with Gasteiger partial charge in [-0.2, -0.15) is 0 Å². The summed E-state index contributed by atoms with van der Waals surface area (Å²) in [5, 5.41) is 7.37. The Hall–Kier alpha value is -2.27. The van der Waals surface area contributed by atoms with Gasteiger partial charge < -0.3 is 39.1 Å². The third-order valence-corrected chi connectivity index (χ3v) is 9.61. The lowest BCUT2D eigenvalue weighted by atomic mass is 9.78. The average molecular weight is 655 g/mol. The maximum Gasteiger partial charge on any atom is 0.171 e. The van der Waals surface area contributed by atoms with Crippen molar-refractivity contribution >= 4 is 0 Å². The van der Waals surface area contributed by atoms with Crippen LogP contribution < -0.4 is 20.1 Å². The van der Waals surface area contributed by atoms with E-state index in [4.69, 9.17) is 28.4 Å². The molecule has 0 unspecified atom stereocenters. The van der Waals surface area contributed by atoms with Gasteiger partial charge in [0, 0.05) is 59.7 Å². The number of rotatable bonds is 7. The minimum atomic E-state index is -0.591. The SMILES string of the molecule is CC1(C)CC2(CC(C)(C)N1)OCC(COc1ccc(-c3ccc(OCC4COC5(CC(C)(C)NC(C)(C)C5)OC4)c(F)c3)cc1)CO2. The lowest BCUT2D eigenvalue weighted by Gasteiger charge is -2.54. The Morgan fingerprint density at radius 2 is 1.00 bits per heavy atom. The maximum atomic E-state index is 15.1. The van der Waals surface area contributed by atoms with Crippen molar-refractivity contribution in [2.24, 2.45) is 11.8 Å². The van der Waals surface area contributed by atoms with Crippen LogP contribution in [0.1, 0.15) is 81.1 Å². The molecule has 2 aromatic carbocycles. The summed E-state index contributed by atoms with van der Waals surface area (Å²) in [7, 11) is 0. The third-order valence-electron chi connectivity index (χ3n) is 9.61. The Balaban J connectivity index is 0.960. The van der Waals surface area contributed by atoms with Crippen molar-refractivity contribution in [1.82, 2.24) is 10.6 Å². The molecule has 8 nitrogen and oxygen atoms in total. The van der Waals surface area contributed by atoms with E-state index in [2.05, 4.69) is 66.0 Å². The summed E-state index contributed by atoms with van der Waals surface area (Å²) in [4.78, 5) is 0. The van der Waals surface area contributed by atoms with Gasteiger partial charge in [0.1, 0.15) is 5.75 Å². The predicted molar refractivity (Wildman–Crippen MR) is 180 cm³/mol. The standard InChI is InChI=1S/C38H55FN2O6/c1-33(2)22-37(23-34(3,4)40-33)44-18-26(19-45-37)16-42-30-12-9-28(10-13-30)29-11-14-32(31(39)15-29)43-17-27-20-46-38(47-21-27)24-35(5,6)41-36(7,8)25-38/h9-15,26-27,40-41H,16-25H2,1-8H3. The van der Waals surface area contributed by atoms with E-state index in [9.17, 15) is 0 Å². The van der Waals surface area contributed by atoms with E-state index in [0.29, 0.717) is 39.6 Å². The highest BCUT2D eigenvalue weighted by Gasteiger charge is 2.52. The molecule has 0 radical (unpaired) electrons. The van der Waals surface area contributed by atoms with Crippen molar-refractivity contribution in [1.29, 1.82) is 0 Å². The first kappa shape index (κ1) is 34.6. The van der Waals surface area contributed by atoms with E-state index >= 15 is 4.39 Å². The van der Waals surface area contributed by atoms with Crippen molar-refractivity contribution < 1.29 is 32.8 Å². The van der Waals surface area contributed by atoms with Gasteiger partial charge >= 0.3 is 0 Å². The molecule has 4 heterocycles. The Morgan fingerprint density at radius 1 is 0.596 bits per heavy atom. The highest BCUT2D eigenvalue weighted by Crippen LogP contribution is 2.43. The van der Waals surface area contributed by atoms with Gasteiger partial charge in [0.25, 0.3) is 0 Å². The van der Waals surface area contributed by atoms with Crippen LogP contribution in [0.4, 0.5) is 4.39 Å². The van der Waals surface area contributed by atoms with Crippen molar-refractivity contribution in [3.8, 4) is 22.6 Å². The van der Waals surface area contributed by atoms with Crippen LogP contribution in [0.3, 0.4) is 0 Å². The molecule has 260 valence electrons. The average Bonchev–Trinajstić information content (AvgIpc) is 2.94. The van der Waals surface area contributed by atoms with Crippen LogP contribution in [-0.2, 0) is 18.9 Å². The molecular weight excluding hydrogens is 599 g/mol. The molecule has 47 heavy (non-hydrogen) atoms. The lowest BCUT2D eigenvalue weighted by molar-refractivity contribution is -0.312. The molecule has 2 aromatic rings. The van der Waals surface area contributed by atoms with Crippen LogP contribution in [0.5, 0.6) is 11.5 Å². The zero-order valence-electron chi connectivity index (χ0n) is 29.6. The quantitative estimate of drug-likeness (QED) is 0.336. The number of ether oxygens (including phenoxy) is 6. The first-order valence-electron chi connectivity index (χ1n) is 17.2. The molecule has 0 aliphatic carbocycles. The van der Waals surface area contributed by atoms with Gasteiger partial charge in [0.2, 0.25) is 0 Å². The van der Waals surface area contributed by atoms with Gasteiger partial charge in [-0.1, -0.05) is 18.2 Å². The van der Waals surface area contributed by atoms with Gasteiger partial charge in [0.05, 0.1) is 39.6 Å². The first-order chi connectivity index (χ1) is 21.9. The summed E-state index contributed by atoms with van der Waals surface area (Å²) in [5.41, 5.74) is 1.38. The molecule has 4 fully saturated rings. The number of hydrogen-bond donors (Lipinski definition) is 2. The van der Waals surface area contributed by atoms with Crippen LogP contribution in [0.2, 0.25) is 0 Å². The van der Waals surface area contributed by atoms with E-state index in [1.165, 1.54) is 6.07 Å². The van der Waals surface area contributed by atoms with E-state index in [0.717, 1.165) is 42.6 Å². The largest absolute Gasteiger partial charge is 0.493 e. The van der Waals surface area contributed by atoms with Crippen LogP contribution in [0, 0.1) is 17.7 Å². The van der Waals surface area contributed by atoms with Crippen LogP contribution in [-0.4, -0.2) is 73.4 Å². The summed E-state index contributed by atoms with van der Waals surface area (Å²) >= 11 is 0. The second kappa shape index (κ2) is 12.6. The van der Waals surface area contributed by atoms with Gasteiger partial charge in [-0.15, -0.1) is 0 Å². The number of piperidine rings is 2. The molecule has 4 aliphatic heterocycles. The van der Waals surface area contributed by atoms with Gasteiger partial charge in [-0.25, -0.2) is 4.39 Å². The molecule has 0 atom stereocenters. The van der Waals surface area contributed by atoms with E-state index in [1.807, 2.05) is 30.3 Å². The second-order valence-electron chi connectivity index (χ2n) is 17.1. The number of nitrogens with one attached hydrogen (secondary N) is 2. The Bertz CT molecular complexity index is 1360. The number of hydrogen-bond acceptors (Lipinski definition) is 8. The molecule has 2 N–H and O–H groups in total. The number of halogens is 1. The topological polar surface area (TPSA) is 79.4 Å². The fourth-order valence-electron chi connectivity index (χ4n) is 8.65. The minimum Gasteiger partial charge on any atom is -0.493 e. The fourth-order valence-corrected chi connectivity index (χ4v) is 8.65. The van der Waals surface area contributed by atoms with Gasteiger partial charge in [0.15, 0.2) is 23.1 Å². The molecule has 0 bridgehead atoms. The van der Waals surface area contributed by atoms with Crippen molar-refractivity contribution in [2.45, 2.75) is 115 Å². The minimum absolute atomic E-state index is 0.0325. The van der Waals surface area contributed by atoms with Crippen molar-refractivity contribution in [3.05, 3.63) is 48.3 Å². The van der Waals surface area contributed by atoms with Gasteiger partial charge in [-0.05, 0) is 90.8 Å². The summed E-state index contributed by atoms with van der Waals surface area (Å²) in [6.07, 6.45) is 3.18. The van der Waals surface area contributed by atoms with Crippen LogP contribution in [0.15, 0.2) is 42.5 Å². The predicted octanol–water partition coefficient (Wildman–Crippen LogP) is 6.85. The Kier molecular flexibility index (Phi) is 9.24. The zero-order chi connectivity index (χ0) is 33.7. The zero-order valence-corrected chi connectivity index (χ0v) is 29.6. The van der Waals surface area contributed by atoms with Crippen molar-refractivity contribution in [3.63, 3.8) is 0 Å². The molecular formula is C38H55FN2O6. The first-order valence-corrected chi connectivity index (χ1v) is 17.2. The van der Waals surface area contributed by atoms with Gasteiger partial charge in [-0.3, -0.25) is 0 Å². The fraction of sp³-hybridized carbons (Fsp3) is 0.684. The summed E-state index contributed by atoms with van der Waals surface area (Å²) < 4.78 is 52.5. The summed E-state index contributed by atoms with van der Waals surface area (Å²) in [6.45, 7) is 20.6. The highest BCUT2D eigenvalue weighted by molar-refractivity contribution is 5.65. The lowest BCUT2D eigenvalue weighted by Crippen LogP contribution is -2.66. The number of benzene rings is 2. The Labute approximate surface area is 280 Å². The Morgan fingerprint density at radius 3 is 1.43 bits per heavy atom. The molecule has 4 aliphatic rings. The molecule has 9 heteroatoms. The van der Waals surface area contributed by atoms with E-state index in [-0.39, 0.29) is 39.7 Å². The third kappa shape index (κ3) is 8.49. The molecule has 0 amide bonds. The molecule has 2 spiro atoms. The highest BCUT2D eigenvalue weighted by atomic mass is 19.1. The molecule has 6 rings (SSSR count). The molecule has 4 saturated heterocycles. The summed E-state index contributed by atoms with van der Waals surface area (Å²) in [6, 6.07) is 12.8. The monoisotopic (exact) mass is 654 g/mol. The summed E-state index contributed by atoms with van der Waals surface area (Å²) in [5.74, 6) is -0.357. The molecule has 0 aromatic heterocycles. The smallest absolute Gasteiger partial charge is 0.171 e. The second-order valence-corrected chi connectivity index (χ2v) is 17.1. The normalized spacial score (nSPS) is 26.2. The van der Waals surface area contributed by atoms with E-state index < -0.39 is 17.4 Å². The molecule has 0 saturated carbocycles.